The van der Waals surface area contributed by atoms with Gasteiger partial charge in [0, 0.05) is 0 Å². The van der Waals surface area contributed by atoms with Crippen molar-refractivity contribution in [2.45, 2.75) is 82.3 Å². The summed E-state index contributed by atoms with van der Waals surface area (Å²) in [7, 11) is 0. The van der Waals surface area contributed by atoms with Crippen molar-refractivity contribution in [2.75, 3.05) is 13.2 Å². The van der Waals surface area contributed by atoms with Gasteiger partial charge in [-0.15, -0.1) is 0 Å². The van der Waals surface area contributed by atoms with Crippen molar-refractivity contribution in [3.8, 4) is 0 Å². The minimum atomic E-state index is -1.73. The lowest BCUT2D eigenvalue weighted by atomic mass is 9.85. The van der Waals surface area contributed by atoms with Crippen LogP contribution < -0.4 is 0 Å². The standard InChI is InChI=1S/C16H32O10/c1-16(2,3)4-7(19)14(10(21)8(20)5-17)26-15-13(24)12(23)11(22)9(6-18)25-15/h7-15,17-24H,4-6H2,1-3H3/t7-,8+,9+,10+,11+,12-,13+,14+,15+/m0/s1. The third-order valence-electron chi connectivity index (χ3n) is 4.26. The largest absolute Gasteiger partial charge is 0.394 e. The van der Waals surface area contributed by atoms with Crippen LogP contribution in [0.15, 0.2) is 0 Å². The van der Waals surface area contributed by atoms with Crippen LogP contribution in [0.1, 0.15) is 27.2 Å². The van der Waals surface area contributed by atoms with Gasteiger partial charge in [-0.05, 0) is 11.8 Å². The predicted molar refractivity (Wildman–Crippen MR) is 87.8 cm³/mol. The average molecular weight is 384 g/mol. The molecule has 0 bridgehead atoms. The van der Waals surface area contributed by atoms with Gasteiger partial charge >= 0.3 is 0 Å². The lowest BCUT2D eigenvalue weighted by Crippen LogP contribution is -2.61. The van der Waals surface area contributed by atoms with Gasteiger partial charge in [-0.3, -0.25) is 0 Å². The van der Waals surface area contributed by atoms with Crippen LogP contribution >= 0.6 is 0 Å². The summed E-state index contributed by atoms with van der Waals surface area (Å²) in [6.45, 7) is 4.03. The Morgan fingerprint density at radius 3 is 1.96 bits per heavy atom. The zero-order chi connectivity index (χ0) is 20.2. The summed E-state index contributed by atoms with van der Waals surface area (Å²) in [5.41, 5.74) is -0.375. The van der Waals surface area contributed by atoms with Gasteiger partial charge in [0.2, 0.25) is 0 Å². The molecule has 0 aromatic rings. The Labute approximate surface area is 152 Å². The van der Waals surface area contributed by atoms with E-state index in [0.717, 1.165) is 0 Å². The number of aliphatic hydroxyl groups excluding tert-OH is 8. The van der Waals surface area contributed by atoms with E-state index < -0.39 is 68.3 Å². The van der Waals surface area contributed by atoms with Crippen molar-refractivity contribution in [3.63, 3.8) is 0 Å². The van der Waals surface area contributed by atoms with Crippen molar-refractivity contribution < 1.29 is 50.3 Å². The molecule has 1 saturated heterocycles. The quantitative estimate of drug-likeness (QED) is 0.211. The van der Waals surface area contributed by atoms with Crippen molar-refractivity contribution in [2.24, 2.45) is 5.41 Å². The van der Waals surface area contributed by atoms with Crippen LogP contribution in [0.2, 0.25) is 0 Å². The topological polar surface area (TPSA) is 180 Å². The van der Waals surface area contributed by atoms with Crippen LogP contribution in [-0.2, 0) is 9.47 Å². The summed E-state index contributed by atoms with van der Waals surface area (Å²) in [6.07, 6.45) is -13.8. The van der Waals surface area contributed by atoms with Gasteiger partial charge in [0.15, 0.2) is 6.29 Å². The third-order valence-corrected chi connectivity index (χ3v) is 4.26. The first-order chi connectivity index (χ1) is 11.9. The summed E-state index contributed by atoms with van der Waals surface area (Å²) < 4.78 is 10.6. The molecule has 0 aromatic carbocycles. The maximum absolute atomic E-state index is 10.4. The molecule has 0 aromatic heterocycles. The summed E-state index contributed by atoms with van der Waals surface area (Å²) in [5.74, 6) is 0. The molecule has 1 rings (SSSR count). The first kappa shape index (κ1) is 23.6. The Kier molecular flexibility index (Phi) is 8.81. The summed E-state index contributed by atoms with van der Waals surface area (Å²) >= 11 is 0. The lowest BCUT2D eigenvalue weighted by molar-refractivity contribution is -0.327. The molecule has 0 aliphatic carbocycles. The van der Waals surface area contributed by atoms with Gasteiger partial charge in [-0.1, -0.05) is 20.8 Å². The molecule has 0 radical (unpaired) electrons. The molecule has 1 fully saturated rings. The lowest BCUT2D eigenvalue weighted by Gasteiger charge is -2.42. The molecule has 1 aliphatic rings. The highest BCUT2D eigenvalue weighted by atomic mass is 16.7. The van der Waals surface area contributed by atoms with Crippen molar-refractivity contribution in [3.05, 3.63) is 0 Å². The van der Waals surface area contributed by atoms with Gasteiger partial charge in [-0.25, -0.2) is 0 Å². The Bertz CT molecular complexity index is 412. The van der Waals surface area contributed by atoms with E-state index in [4.69, 9.17) is 14.6 Å². The van der Waals surface area contributed by atoms with Gasteiger partial charge in [0.25, 0.3) is 0 Å². The second-order valence-electron chi connectivity index (χ2n) is 7.87. The normalized spacial score (nSPS) is 35.0. The smallest absolute Gasteiger partial charge is 0.187 e. The summed E-state index contributed by atoms with van der Waals surface area (Å²) in [5, 5.41) is 78.3. The minimum Gasteiger partial charge on any atom is -0.394 e. The molecule has 1 heterocycles. The maximum Gasteiger partial charge on any atom is 0.187 e. The summed E-state index contributed by atoms with van der Waals surface area (Å²) in [4.78, 5) is 0. The van der Waals surface area contributed by atoms with E-state index in [-0.39, 0.29) is 11.8 Å². The molecule has 0 unspecified atom stereocenters. The molecule has 8 N–H and O–H groups in total. The molecule has 1 aliphatic heterocycles. The van der Waals surface area contributed by atoms with Crippen LogP contribution in [0.4, 0.5) is 0 Å². The fourth-order valence-corrected chi connectivity index (χ4v) is 2.80. The van der Waals surface area contributed by atoms with Gasteiger partial charge in [-0.2, -0.15) is 0 Å². The fourth-order valence-electron chi connectivity index (χ4n) is 2.80. The second kappa shape index (κ2) is 9.69. The van der Waals surface area contributed by atoms with E-state index in [1.807, 2.05) is 20.8 Å². The van der Waals surface area contributed by atoms with Crippen molar-refractivity contribution in [1.82, 2.24) is 0 Å². The monoisotopic (exact) mass is 384 g/mol. The summed E-state index contributed by atoms with van der Waals surface area (Å²) in [6, 6.07) is 0. The fraction of sp³-hybridized carbons (Fsp3) is 1.00. The molecule has 156 valence electrons. The van der Waals surface area contributed by atoms with Gasteiger partial charge in [0.1, 0.15) is 42.7 Å². The highest BCUT2D eigenvalue weighted by Gasteiger charge is 2.47. The van der Waals surface area contributed by atoms with E-state index >= 15 is 0 Å². The van der Waals surface area contributed by atoms with Crippen molar-refractivity contribution in [1.29, 1.82) is 0 Å². The zero-order valence-corrected chi connectivity index (χ0v) is 15.2. The Morgan fingerprint density at radius 2 is 1.50 bits per heavy atom. The maximum atomic E-state index is 10.4. The molecule has 10 nitrogen and oxygen atoms in total. The number of hydrogen-bond acceptors (Lipinski definition) is 10. The van der Waals surface area contributed by atoms with Crippen LogP contribution in [-0.4, -0.2) is 109 Å². The molecule has 0 amide bonds. The first-order valence-electron chi connectivity index (χ1n) is 8.54. The SMILES string of the molecule is CC(C)(C)C[C@H](O)[C@@H](O[C@H]1O[C@H](CO)[C@@H](O)[C@H](O)[C@H]1O)[C@H](O)[C@H](O)CO. The van der Waals surface area contributed by atoms with Crippen LogP contribution in [0.3, 0.4) is 0 Å². The molecule has 26 heavy (non-hydrogen) atoms. The minimum absolute atomic E-state index is 0.143. The first-order valence-corrected chi connectivity index (χ1v) is 8.54. The van der Waals surface area contributed by atoms with Gasteiger partial charge in [0.05, 0.1) is 19.3 Å². The van der Waals surface area contributed by atoms with E-state index in [2.05, 4.69) is 0 Å². The molecule has 9 atom stereocenters. The Morgan fingerprint density at radius 1 is 0.923 bits per heavy atom. The van der Waals surface area contributed by atoms with E-state index in [1.54, 1.807) is 0 Å². The molecule has 10 heteroatoms. The van der Waals surface area contributed by atoms with Crippen LogP contribution in [0.5, 0.6) is 0 Å². The molecule has 0 spiro atoms. The Balaban J connectivity index is 2.99. The number of rotatable bonds is 8. The van der Waals surface area contributed by atoms with E-state index in [0.29, 0.717) is 0 Å². The van der Waals surface area contributed by atoms with Crippen molar-refractivity contribution >= 4 is 0 Å². The number of ether oxygens (including phenoxy) is 2. The highest BCUT2D eigenvalue weighted by Crippen LogP contribution is 2.28. The third kappa shape index (κ3) is 6.06. The van der Waals surface area contributed by atoms with Crippen LogP contribution in [0, 0.1) is 5.41 Å². The highest BCUT2D eigenvalue weighted by molar-refractivity contribution is 4.91. The number of aliphatic hydroxyl groups is 8. The zero-order valence-electron chi connectivity index (χ0n) is 15.2. The number of hydrogen-bond donors (Lipinski definition) is 8. The predicted octanol–water partition coefficient (Wildman–Crippen LogP) is -3.32. The second-order valence-corrected chi connectivity index (χ2v) is 7.87. The van der Waals surface area contributed by atoms with E-state index in [9.17, 15) is 35.7 Å². The molecular weight excluding hydrogens is 352 g/mol. The molecular formula is C16H32O10. The van der Waals surface area contributed by atoms with E-state index in [1.165, 1.54) is 0 Å². The Hall–Kier alpha value is -0.400. The average Bonchev–Trinajstić information content (AvgIpc) is 2.56. The van der Waals surface area contributed by atoms with Crippen LogP contribution in [0.25, 0.3) is 0 Å². The molecule has 0 saturated carbocycles. The van der Waals surface area contributed by atoms with Gasteiger partial charge < -0.3 is 50.3 Å².